The van der Waals surface area contributed by atoms with E-state index in [-0.39, 0.29) is 23.6 Å². The molecule has 1 aliphatic rings. The molecule has 2 amide bonds. The third kappa shape index (κ3) is 4.58. The largest absolute Gasteiger partial charge is 0.496 e. The summed E-state index contributed by atoms with van der Waals surface area (Å²) in [5.74, 6) is -1.59. The molecule has 1 heterocycles. The predicted molar refractivity (Wildman–Crippen MR) is 126 cm³/mol. The van der Waals surface area contributed by atoms with Gasteiger partial charge in [-0.05, 0) is 48.2 Å². The summed E-state index contributed by atoms with van der Waals surface area (Å²) in [6, 6.07) is 18.4. The zero-order chi connectivity index (χ0) is 24.2. The Bertz CT molecular complexity index is 1250. The van der Waals surface area contributed by atoms with Crippen molar-refractivity contribution in [1.82, 2.24) is 4.90 Å². The van der Waals surface area contributed by atoms with Gasteiger partial charge in [-0.25, -0.2) is 4.79 Å². The second-order valence-electron chi connectivity index (χ2n) is 7.50. The highest BCUT2D eigenvalue weighted by atomic mass is 32.2. The van der Waals surface area contributed by atoms with Crippen LogP contribution in [0.25, 0.3) is 0 Å². The van der Waals surface area contributed by atoms with Crippen molar-refractivity contribution in [3.05, 3.63) is 94.5 Å². The van der Waals surface area contributed by atoms with Gasteiger partial charge in [0.05, 0.1) is 24.8 Å². The highest BCUT2D eigenvalue weighted by Crippen LogP contribution is 2.27. The maximum Gasteiger partial charge on any atom is 0.342 e. The fourth-order valence-corrected chi connectivity index (χ4v) is 4.06. The van der Waals surface area contributed by atoms with Gasteiger partial charge in [0, 0.05) is 10.5 Å². The van der Waals surface area contributed by atoms with E-state index in [9.17, 15) is 19.2 Å². The lowest BCUT2D eigenvalue weighted by molar-refractivity contribution is 0.0471. The molecule has 0 spiro atoms. The van der Waals surface area contributed by atoms with Crippen LogP contribution in [0.5, 0.6) is 5.75 Å². The molecule has 8 heteroatoms. The Balaban J connectivity index is 1.48. The van der Waals surface area contributed by atoms with Crippen molar-refractivity contribution >= 4 is 35.3 Å². The smallest absolute Gasteiger partial charge is 0.342 e. The highest BCUT2D eigenvalue weighted by Gasteiger charge is 2.35. The minimum atomic E-state index is -0.741. The Morgan fingerprint density at radius 2 is 1.56 bits per heavy atom. The summed E-state index contributed by atoms with van der Waals surface area (Å²) in [5.41, 5.74) is 1.79. The van der Waals surface area contributed by atoms with Crippen LogP contribution in [-0.2, 0) is 11.3 Å². The number of Topliss-reactive ketones (excluding diaryl/α,β-unsaturated/α-hetero) is 1. The average molecular weight is 476 g/mol. The first kappa shape index (κ1) is 23.3. The number of thioether (sulfide) groups is 1. The molecule has 0 saturated heterocycles. The molecular formula is C26H21NO6S. The van der Waals surface area contributed by atoms with E-state index < -0.39 is 24.4 Å². The van der Waals surface area contributed by atoms with Gasteiger partial charge in [-0.1, -0.05) is 30.3 Å². The second-order valence-corrected chi connectivity index (χ2v) is 8.38. The lowest BCUT2D eigenvalue weighted by atomic mass is 10.1. The molecule has 172 valence electrons. The van der Waals surface area contributed by atoms with E-state index in [1.807, 2.05) is 18.4 Å². The summed E-state index contributed by atoms with van der Waals surface area (Å²) in [4.78, 5) is 52.6. The molecule has 34 heavy (non-hydrogen) atoms. The van der Waals surface area contributed by atoms with Crippen molar-refractivity contribution < 1.29 is 28.7 Å². The number of ether oxygens (including phenoxy) is 2. The van der Waals surface area contributed by atoms with Gasteiger partial charge in [0.25, 0.3) is 11.8 Å². The van der Waals surface area contributed by atoms with Crippen molar-refractivity contribution in [2.45, 2.75) is 11.4 Å². The first-order valence-corrected chi connectivity index (χ1v) is 11.6. The number of hydrogen-bond acceptors (Lipinski definition) is 7. The van der Waals surface area contributed by atoms with Crippen LogP contribution in [0, 0.1) is 0 Å². The monoisotopic (exact) mass is 475 g/mol. The lowest BCUT2D eigenvalue weighted by Gasteiger charge is -2.16. The molecule has 1 aliphatic heterocycles. The minimum Gasteiger partial charge on any atom is -0.496 e. The zero-order valence-electron chi connectivity index (χ0n) is 18.6. The number of amides is 2. The predicted octanol–water partition coefficient (Wildman–Crippen LogP) is 4.25. The van der Waals surface area contributed by atoms with Crippen LogP contribution in [0.2, 0.25) is 0 Å². The molecular weight excluding hydrogens is 454 g/mol. The molecule has 0 saturated carbocycles. The Hall–Kier alpha value is -3.91. The van der Waals surface area contributed by atoms with Gasteiger partial charge in [0.1, 0.15) is 11.3 Å². The molecule has 0 unspecified atom stereocenters. The van der Waals surface area contributed by atoms with Crippen LogP contribution in [0.15, 0.2) is 71.6 Å². The third-order valence-corrected chi connectivity index (χ3v) is 6.19. The van der Waals surface area contributed by atoms with E-state index in [2.05, 4.69) is 0 Å². The van der Waals surface area contributed by atoms with Gasteiger partial charge in [-0.15, -0.1) is 11.8 Å². The fraction of sp³-hybridized carbons (Fsp3) is 0.154. The van der Waals surface area contributed by atoms with E-state index in [4.69, 9.17) is 9.47 Å². The van der Waals surface area contributed by atoms with E-state index in [1.54, 1.807) is 60.3 Å². The summed E-state index contributed by atoms with van der Waals surface area (Å²) in [5, 5.41) is 0. The molecule has 0 bridgehead atoms. The van der Waals surface area contributed by atoms with Crippen LogP contribution in [0.4, 0.5) is 0 Å². The number of carbonyl (C=O) groups excluding carboxylic acids is 4. The zero-order valence-corrected chi connectivity index (χ0v) is 19.4. The van der Waals surface area contributed by atoms with E-state index in [0.717, 1.165) is 9.80 Å². The number of benzene rings is 3. The van der Waals surface area contributed by atoms with E-state index in [1.165, 1.54) is 13.2 Å². The maximum atomic E-state index is 12.8. The van der Waals surface area contributed by atoms with Gasteiger partial charge in [0.15, 0.2) is 12.4 Å². The Morgan fingerprint density at radius 3 is 2.15 bits per heavy atom. The van der Waals surface area contributed by atoms with E-state index in [0.29, 0.717) is 22.3 Å². The summed E-state index contributed by atoms with van der Waals surface area (Å²) in [7, 11) is 1.41. The number of esters is 1. The SMILES string of the molecule is COc1ccc(CN2C(=O)c3ccccc3C2=O)cc1C(=O)OCC(=O)c1ccc(SC)cc1. The number of nitrogens with zero attached hydrogens (tertiary/aromatic N) is 1. The molecule has 3 aromatic carbocycles. The molecule has 3 aromatic rings. The number of ketones is 1. The quantitative estimate of drug-likeness (QED) is 0.208. The Kier molecular flexibility index (Phi) is 6.79. The molecule has 0 N–H and O–H groups in total. The number of carbonyl (C=O) groups is 4. The summed E-state index contributed by atoms with van der Waals surface area (Å²) in [6.45, 7) is -0.444. The van der Waals surface area contributed by atoms with Crippen LogP contribution < -0.4 is 4.74 Å². The van der Waals surface area contributed by atoms with Gasteiger partial charge in [0.2, 0.25) is 0 Å². The molecule has 0 atom stereocenters. The van der Waals surface area contributed by atoms with Crippen molar-refractivity contribution in [3.8, 4) is 5.75 Å². The third-order valence-electron chi connectivity index (χ3n) is 5.45. The normalized spacial score (nSPS) is 12.5. The Morgan fingerprint density at radius 1 is 0.912 bits per heavy atom. The average Bonchev–Trinajstić information content (AvgIpc) is 3.12. The van der Waals surface area contributed by atoms with Crippen LogP contribution in [0.1, 0.15) is 47.0 Å². The second kappa shape index (κ2) is 9.93. The number of rotatable bonds is 8. The van der Waals surface area contributed by atoms with Crippen molar-refractivity contribution in [1.29, 1.82) is 0 Å². The van der Waals surface area contributed by atoms with Crippen molar-refractivity contribution in [3.63, 3.8) is 0 Å². The fourth-order valence-electron chi connectivity index (χ4n) is 3.65. The topological polar surface area (TPSA) is 90.0 Å². The standard InChI is InChI=1S/C26H21NO6S/c1-32-23-12-7-16(14-27-24(29)19-5-3-4-6-20(19)25(27)30)13-21(23)26(31)33-15-22(28)17-8-10-18(34-2)11-9-17/h3-13H,14-15H2,1-2H3. The number of methoxy groups -OCH3 is 1. The summed E-state index contributed by atoms with van der Waals surface area (Å²) < 4.78 is 10.5. The summed E-state index contributed by atoms with van der Waals surface area (Å²) >= 11 is 1.56. The molecule has 0 fully saturated rings. The molecule has 0 aromatic heterocycles. The molecule has 0 aliphatic carbocycles. The van der Waals surface area contributed by atoms with Gasteiger partial charge in [-0.3, -0.25) is 19.3 Å². The van der Waals surface area contributed by atoms with Crippen LogP contribution >= 0.6 is 11.8 Å². The number of fused-ring (bicyclic) bond motifs is 1. The Labute approximate surface area is 200 Å². The minimum absolute atomic E-state index is 0.0165. The van der Waals surface area contributed by atoms with Crippen molar-refractivity contribution in [2.75, 3.05) is 20.0 Å². The van der Waals surface area contributed by atoms with Crippen LogP contribution in [-0.4, -0.2) is 48.4 Å². The van der Waals surface area contributed by atoms with Gasteiger partial charge in [-0.2, -0.15) is 0 Å². The van der Waals surface area contributed by atoms with Gasteiger partial charge < -0.3 is 9.47 Å². The maximum absolute atomic E-state index is 12.8. The first-order chi connectivity index (χ1) is 16.4. The number of imide groups is 1. The molecule has 7 nitrogen and oxygen atoms in total. The van der Waals surface area contributed by atoms with Crippen LogP contribution in [0.3, 0.4) is 0 Å². The van der Waals surface area contributed by atoms with Gasteiger partial charge >= 0.3 is 5.97 Å². The highest BCUT2D eigenvalue weighted by molar-refractivity contribution is 7.98. The first-order valence-electron chi connectivity index (χ1n) is 10.4. The molecule has 0 radical (unpaired) electrons. The number of hydrogen-bond donors (Lipinski definition) is 0. The van der Waals surface area contributed by atoms with E-state index >= 15 is 0 Å². The van der Waals surface area contributed by atoms with Crippen molar-refractivity contribution in [2.24, 2.45) is 0 Å². The lowest BCUT2D eigenvalue weighted by Crippen LogP contribution is -2.29. The summed E-state index contributed by atoms with van der Waals surface area (Å²) in [6.07, 6.45) is 1.94. The molecule has 4 rings (SSSR count).